The van der Waals surface area contributed by atoms with Crippen molar-refractivity contribution in [2.75, 3.05) is 23.0 Å². The quantitative estimate of drug-likeness (QED) is 0.790. The Hall–Kier alpha value is -1.06. The van der Waals surface area contributed by atoms with E-state index in [1.807, 2.05) is 30.0 Å². The summed E-state index contributed by atoms with van der Waals surface area (Å²) in [6.45, 7) is 2.31. The first kappa shape index (κ1) is 13.4. The Kier molecular flexibility index (Phi) is 3.64. The van der Waals surface area contributed by atoms with Crippen LogP contribution in [0.5, 0.6) is 0 Å². The lowest BCUT2D eigenvalue weighted by molar-refractivity contribution is 0.568. The van der Waals surface area contributed by atoms with Gasteiger partial charge in [-0.1, -0.05) is 6.07 Å². The van der Waals surface area contributed by atoms with Crippen LogP contribution < -0.4 is 4.90 Å². The molecule has 1 saturated heterocycles. The van der Waals surface area contributed by atoms with Crippen molar-refractivity contribution >= 4 is 31.5 Å². The van der Waals surface area contributed by atoms with E-state index in [1.165, 1.54) is 0 Å². The maximum absolute atomic E-state index is 11.6. The predicted octanol–water partition coefficient (Wildman–Crippen LogP) is 1.94. The van der Waals surface area contributed by atoms with Crippen LogP contribution in [0.1, 0.15) is 12.5 Å². The number of sulfone groups is 1. The highest BCUT2D eigenvalue weighted by Gasteiger charge is 2.29. The minimum absolute atomic E-state index is 0.106. The fraction of sp³-hybridized carbons (Fsp3) is 0.417. The number of rotatable bonds is 1. The lowest BCUT2D eigenvalue weighted by Crippen LogP contribution is -2.47. The molecular weight excluding hydrogens is 316 g/mol. The van der Waals surface area contributed by atoms with Crippen molar-refractivity contribution in [1.29, 1.82) is 5.26 Å². The maximum atomic E-state index is 11.6. The summed E-state index contributed by atoms with van der Waals surface area (Å²) in [6.07, 6.45) is 0. The van der Waals surface area contributed by atoms with Gasteiger partial charge in [0.15, 0.2) is 9.84 Å². The Morgan fingerprint density at radius 1 is 1.50 bits per heavy atom. The SMILES string of the molecule is CC1CS(=O)(=O)CCN1c1cccc(Br)c1C#N. The van der Waals surface area contributed by atoms with Crippen LogP contribution in [0.15, 0.2) is 22.7 Å². The Labute approximate surface area is 115 Å². The largest absolute Gasteiger partial charge is 0.366 e. The van der Waals surface area contributed by atoms with E-state index in [-0.39, 0.29) is 17.5 Å². The predicted molar refractivity (Wildman–Crippen MR) is 74.3 cm³/mol. The van der Waals surface area contributed by atoms with Gasteiger partial charge < -0.3 is 4.90 Å². The monoisotopic (exact) mass is 328 g/mol. The van der Waals surface area contributed by atoms with Gasteiger partial charge >= 0.3 is 0 Å². The third-order valence-electron chi connectivity index (χ3n) is 3.08. The molecule has 96 valence electrons. The van der Waals surface area contributed by atoms with E-state index < -0.39 is 9.84 Å². The van der Waals surface area contributed by atoms with Gasteiger partial charge in [-0.15, -0.1) is 0 Å². The van der Waals surface area contributed by atoms with Gasteiger partial charge in [0.25, 0.3) is 0 Å². The molecular formula is C12H13BrN2O2S. The molecule has 1 atom stereocenters. The molecule has 0 amide bonds. The van der Waals surface area contributed by atoms with Gasteiger partial charge in [0.2, 0.25) is 0 Å². The number of halogens is 1. The van der Waals surface area contributed by atoms with Gasteiger partial charge in [0.1, 0.15) is 6.07 Å². The standard InChI is InChI=1S/C12H13BrN2O2S/c1-9-8-18(16,17)6-5-15(9)12-4-2-3-11(13)10(12)7-14/h2-4,9H,5-6,8H2,1H3. The molecule has 0 bridgehead atoms. The zero-order valence-corrected chi connectivity index (χ0v) is 12.3. The number of nitriles is 1. The van der Waals surface area contributed by atoms with E-state index in [4.69, 9.17) is 0 Å². The molecule has 1 aromatic rings. The highest BCUT2D eigenvalue weighted by molar-refractivity contribution is 9.10. The van der Waals surface area contributed by atoms with Crippen LogP contribution >= 0.6 is 15.9 Å². The number of anilines is 1. The van der Waals surface area contributed by atoms with Crippen molar-refractivity contribution < 1.29 is 8.42 Å². The smallest absolute Gasteiger partial charge is 0.154 e. The number of nitrogens with zero attached hydrogens (tertiary/aromatic N) is 2. The lowest BCUT2D eigenvalue weighted by Gasteiger charge is -2.35. The van der Waals surface area contributed by atoms with Gasteiger partial charge in [-0.05, 0) is 35.0 Å². The molecule has 4 nitrogen and oxygen atoms in total. The molecule has 0 spiro atoms. The highest BCUT2D eigenvalue weighted by Crippen LogP contribution is 2.30. The van der Waals surface area contributed by atoms with Gasteiger partial charge in [0, 0.05) is 17.1 Å². The van der Waals surface area contributed by atoms with E-state index in [2.05, 4.69) is 22.0 Å². The van der Waals surface area contributed by atoms with E-state index in [9.17, 15) is 13.7 Å². The van der Waals surface area contributed by atoms with Crippen LogP contribution in [0.2, 0.25) is 0 Å². The highest BCUT2D eigenvalue weighted by atomic mass is 79.9. The summed E-state index contributed by atoms with van der Waals surface area (Å²) >= 11 is 3.35. The van der Waals surface area contributed by atoms with E-state index in [0.717, 1.165) is 10.2 Å². The Bertz CT molecular complexity index is 607. The molecule has 1 unspecified atom stereocenters. The minimum atomic E-state index is -2.94. The number of hydrogen-bond acceptors (Lipinski definition) is 4. The fourth-order valence-electron chi connectivity index (χ4n) is 2.22. The normalized spacial score (nSPS) is 22.5. The van der Waals surface area contributed by atoms with Crippen molar-refractivity contribution in [3.8, 4) is 6.07 Å². The lowest BCUT2D eigenvalue weighted by atomic mass is 10.1. The first-order valence-corrected chi connectivity index (χ1v) is 8.22. The van der Waals surface area contributed by atoms with Crippen LogP contribution in [0.4, 0.5) is 5.69 Å². The third kappa shape index (κ3) is 2.52. The van der Waals surface area contributed by atoms with Crippen molar-refractivity contribution in [3.05, 3.63) is 28.2 Å². The summed E-state index contributed by atoms with van der Waals surface area (Å²) in [5.41, 5.74) is 1.36. The molecule has 1 fully saturated rings. The second-order valence-corrected chi connectivity index (χ2v) is 7.49. The first-order chi connectivity index (χ1) is 8.44. The van der Waals surface area contributed by atoms with Gasteiger partial charge in [-0.3, -0.25) is 0 Å². The zero-order chi connectivity index (χ0) is 13.3. The zero-order valence-electron chi connectivity index (χ0n) is 9.93. The van der Waals surface area contributed by atoms with Crippen molar-refractivity contribution in [1.82, 2.24) is 0 Å². The summed E-state index contributed by atoms with van der Waals surface area (Å²) in [7, 11) is -2.94. The average molecular weight is 329 g/mol. The molecule has 1 aliphatic rings. The van der Waals surface area contributed by atoms with Crippen LogP contribution in [0.25, 0.3) is 0 Å². The summed E-state index contributed by atoms with van der Waals surface area (Å²) < 4.78 is 23.9. The molecule has 0 aromatic heterocycles. The van der Waals surface area contributed by atoms with Crippen molar-refractivity contribution in [2.24, 2.45) is 0 Å². The van der Waals surface area contributed by atoms with Crippen LogP contribution in [-0.2, 0) is 9.84 Å². The van der Waals surface area contributed by atoms with E-state index in [0.29, 0.717) is 12.1 Å². The van der Waals surface area contributed by atoms with Gasteiger partial charge in [-0.2, -0.15) is 5.26 Å². The summed E-state index contributed by atoms with van der Waals surface area (Å²) in [6, 6.07) is 7.59. The second-order valence-electron chi connectivity index (χ2n) is 4.40. The molecule has 0 N–H and O–H groups in total. The molecule has 0 radical (unpaired) electrons. The van der Waals surface area contributed by atoms with Crippen LogP contribution in [0.3, 0.4) is 0 Å². The van der Waals surface area contributed by atoms with Crippen molar-refractivity contribution in [3.63, 3.8) is 0 Å². The topological polar surface area (TPSA) is 61.2 Å². The molecule has 0 aliphatic carbocycles. The summed E-state index contributed by atoms with van der Waals surface area (Å²) in [5, 5.41) is 9.19. The maximum Gasteiger partial charge on any atom is 0.154 e. The molecule has 1 aliphatic heterocycles. The molecule has 2 rings (SSSR count). The number of hydrogen-bond donors (Lipinski definition) is 0. The minimum Gasteiger partial charge on any atom is -0.366 e. The van der Waals surface area contributed by atoms with E-state index >= 15 is 0 Å². The second kappa shape index (κ2) is 4.90. The molecule has 0 saturated carbocycles. The number of benzene rings is 1. The average Bonchev–Trinajstić information content (AvgIpc) is 2.27. The molecule has 6 heteroatoms. The third-order valence-corrected chi connectivity index (χ3v) is 5.54. The Balaban J connectivity index is 2.40. The molecule has 18 heavy (non-hydrogen) atoms. The summed E-state index contributed by atoms with van der Waals surface area (Å²) in [5.74, 6) is 0.291. The van der Waals surface area contributed by atoms with Crippen molar-refractivity contribution in [2.45, 2.75) is 13.0 Å². The van der Waals surface area contributed by atoms with Gasteiger partial charge in [-0.25, -0.2) is 8.42 Å². The van der Waals surface area contributed by atoms with Gasteiger partial charge in [0.05, 0.1) is 22.8 Å². The van der Waals surface area contributed by atoms with Crippen LogP contribution in [0, 0.1) is 11.3 Å². The fourth-order valence-corrected chi connectivity index (χ4v) is 4.22. The Morgan fingerprint density at radius 3 is 2.83 bits per heavy atom. The Morgan fingerprint density at radius 2 is 2.22 bits per heavy atom. The molecule has 1 aromatic carbocycles. The van der Waals surface area contributed by atoms with E-state index in [1.54, 1.807) is 0 Å². The van der Waals surface area contributed by atoms with Crippen LogP contribution in [-0.4, -0.2) is 32.5 Å². The summed E-state index contributed by atoms with van der Waals surface area (Å²) in [4.78, 5) is 1.99. The molecule has 1 heterocycles. The first-order valence-electron chi connectivity index (χ1n) is 5.60.